The number of aryl methyl sites for hydroxylation is 4. The zero-order valence-electron chi connectivity index (χ0n) is 36.1. The molecule has 64 heavy (non-hydrogen) atoms. The Morgan fingerprint density at radius 1 is 0.281 bits per heavy atom. The van der Waals surface area contributed by atoms with Crippen molar-refractivity contribution in [2.75, 3.05) is 0 Å². The fourth-order valence-electron chi connectivity index (χ4n) is 8.91. The summed E-state index contributed by atoms with van der Waals surface area (Å²) in [6.45, 7) is 4.39. The highest BCUT2D eigenvalue weighted by atomic mass is 14.7. The van der Waals surface area contributed by atoms with Crippen molar-refractivity contribution in [1.82, 2.24) is 15.0 Å². The summed E-state index contributed by atoms with van der Waals surface area (Å²) in [4.78, 5) is 15.0. The molecule has 0 atom stereocenters. The highest BCUT2D eigenvalue weighted by Gasteiger charge is 2.17. The van der Waals surface area contributed by atoms with Crippen molar-refractivity contribution < 1.29 is 0 Å². The minimum atomic E-state index is 0.826. The molecule has 3 heterocycles. The van der Waals surface area contributed by atoms with Gasteiger partial charge in [0, 0.05) is 46.4 Å². The van der Waals surface area contributed by atoms with Gasteiger partial charge in [-0.3, -0.25) is 15.0 Å². The van der Waals surface area contributed by atoms with Crippen molar-refractivity contribution >= 4 is 0 Å². The van der Waals surface area contributed by atoms with Crippen LogP contribution >= 0.6 is 0 Å². The number of benzene rings is 7. The average Bonchev–Trinajstić information content (AvgIpc) is 3.36. The summed E-state index contributed by atoms with van der Waals surface area (Å²) in [5, 5.41) is 0. The van der Waals surface area contributed by atoms with Crippen molar-refractivity contribution in [2.45, 2.75) is 26.7 Å². The number of nitrogens with zero attached hydrogens (tertiary/aromatic N) is 3. The fourth-order valence-corrected chi connectivity index (χ4v) is 8.91. The first-order chi connectivity index (χ1) is 31.6. The summed E-state index contributed by atoms with van der Waals surface area (Å²) in [6, 6.07) is 73.3. The van der Waals surface area contributed by atoms with Gasteiger partial charge < -0.3 is 0 Å². The van der Waals surface area contributed by atoms with Gasteiger partial charge in [0.15, 0.2) is 0 Å². The Morgan fingerprint density at radius 3 is 1.09 bits per heavy atom. The lowest BCUT2D eigenvalue weighted by Gasteiger charge is -2.18. The maximum atomic E-state index is 5.02. The SMILES string of the molecule is Cc1cc(-c2ccccc2)ncc1-c1ccccc1-c1cc(CCc2cnc(-c3ccccc3)cc2-c2ccccc2)cc(-c2ccccc2-c2cnc(-c3ccccc3)cc2C)c1. The molecule has 0 aliphatic rings. The van der Waals surface area contributed by atoms with E-state index >= 15 is 0 Å². The molecule has 306 valence electrons. The smallest absolute Gasteiger partial charge is 0.0708 e. The molecule has 0 bridgehead atoms. The van der Waals surface area contributed by atoms with Crippen LogP contribution in [-0.2, 0) is 12.8 Å². The molecular weight excluding hydrogens is 775 g/mol. The van der Waals surface area contributed by atoms with E-state index in [4.69, 9.17) is 15.0 Å². The normalized spacial score (nSPS) is 11.1. The van der Waals surface area contributed by atoms with Gasteiger partial charge in [-0.15, -0.1) is 0 Å². The minimum Gasteiger partial charge on any atom is -0.256 e. The van der Waals surface area contributed by atoms with Crippen LogP contribution in [0.5, 0.6) is 0 Å². The van der Waals surface area contributed by atoms with E-state index in [2.05, 4.69) is 214 Å². The van der Waals surface area contributed by atoms with E-state index in [1.54, 1.807) is 0 Å². The van der Waals surface area contributed by atoms with Crippen LogP contribution < -0.4 is 0 Å². The third kappa shape index (κ3) is 8.44. The van der Waals surface area contributed by atoms with Crippen LogP contribution in [0.4, 0.5) is 0 Å². The Labute approximate surface area is 376 Å². The molecule has 0 amide bonds. The van der Waals surface area contributed by atoms with Crippen molar-refractivity contribution in [3.63, 3.8) is 0 Å². The Balaban J connectivity index is 1.09. The molecule has 0 aliphatic carbocycles. The van der Waals surface area contributed by atoms with E-state index in [0.717, 1.165) is 68.9 Å². The van der Waals surface area contributed by atoms with Gasteiger partial charge in [-0.2, -0.15) is 0 Å². The second kappa shape index (κ2) is 18.1. The number of aromatic nitrogens is 3. The molecule has 3 heteroatoms. The summed E-state index contributed by atoms with van der Waals surface area (Å²) in [5.74, 6) is 0. The van der Waals surface area contributed by atoms with E-state index in [-0.39, 0.29) is 0 Å². The number of rotatable bonds is 11. The maximum Gasteiger partial charge on any atom is 0.0708 e. The lowest BCUT2D eigenvalue weighted by atomic mass is 9.87. The second-order valence-corrected chi connectivity index (χ2v) is 16.5. The molecule has 0 saturated carbocycles. The predicted octanol–water partition coefficient (Wildman–Crippen LogP) is 15.6. The minimum absolute atomic E-state index is 0.826. The molecule has 0 unspecified atom stereocenters. The molecule has 0 N–H and O–H groups in total. The van der Waals surface area contributed by atoms with Gasteiger partial charge in [-0.1, -0.05) is 182 Å². The lowest BCUT2D eigenvalue weighted by molar-refractivity contribution is 0.953. The zero-order chi connectivity index (χ0) is 43.2. The van der Waals surface area contributed by atoms with E-state index in [1.165, 1.54) is 55.6 Å². The van der Waals surface area contributed by atoms with Crippen LogP contribution in [0, 0.1) is 13.8 Å². The van der Waals surface area contributed by atoms with Crippen molar-refractivity contribution in [3.8, 4) is 89.4 Å². The Hall–Kier alpha value is -8.01. The van der Waals surface area contributed by atoms with Crippen molar-refractivity contribution in [1.29, 1.82) is 0 Å². The molecule has 0 radical (unpaired) electrons. The van der Waals surface area contributed by atoms with Gasteiger partial charge in [0.1, 0.15) is 0 Å². The quantitative estimate of drug-likeness (QED) is 0.130. The molecule has 10 rings (SSSR count). The first-order valence-electron chi connectivity index (χ1n) is 22.0. The summed E-state index contributed by atoms with van der Waals surface area (Å²) >= 11 is 0. The van der Waals surface area contributed by atoms with Crippen molar-refractivity contribution in [3.05, 3.63) is 247 Å². The topological polar surface area (TPSA) is 38.7 Å². The van der Waals surface area contributed by atoms with E-state index in [0.29, 0.717) is 0 Å². The summed E-state index contributed by atoms with van der Waals surface area (Å²) in [7, 11) is 0. The molecular formula is C61H47N3. The van der Waals surface area contributed by atoms with Crippen LogP contribution in [0.2, 0.25) is 0 Å². The van der Waals surface area contributed by atoms with Gasteiger partial charge >= 0.3 is 0 Å². The maximum absolute atomic E-state index is 5.02. The van der Waals surface area contributed by atoms with Crippen LogP contribution in [-0.4, -0.2) is 15.0 Å². The standard InChI is InChI=1S/C61H47N3/c1-42-33-59(46-21-9-4-10-22-46)63-40-57(42)54-29-17-15-27-52(54)50-35-44(31-32-49-39-62-61(48-25-13-6-14-26-48)38-56(49)45-19-7-3-8-20-45)36-51(37-50)53-28-16-18-30-55(53)58-41-64-60(34-43(58)2)47-23-11-5-12-24-47/h3-30,33-41H,31-32H2,1-2H3. The molecule has 0 saturated heterocycles. The largest absolute Gasteiger partial charge is 0.256 e. The number of pyridine rings is 3. The Bertz CT molecular complexity index is 3060. The van der Waals surface area contributed by atoms with Crippen LogP contribution in [0.1, 0.15) is 22.3 Å². The van der Waals surface area contributed by atoms with E-state index < -0.39 is 0 Å². The van der Waals surface area contributed by atoms with Crippen LogP contribution in [0.25, 0.3) is 89.4 Å². The van der Waals surface area contributed by atoms with Crippen LogP contribution in [0.3, 0.4) is 0 Å². The predicted molar refractivity (Wildman–Crippen MR) is 267 cm³/mol. The Morgan fingerprint density at radius 2 is 0.656 bits per heavy atom. The first-order valence-corrected chi connectivity index (χ1v) is 22.0. The fraction of sp³-hybridized carbons (Fsp3) is 0.0656. The second-order valence-electron chi connectivity index (χ2n) is 16.5. The van der Waals surface area contributed by atoms with Crippen LogP contribution in [0.15, 0.2) is 225 Å². The molecule has 0 fully saturated rings. The monoisotopic (exact) mass is 821 g/mol. The van der Waals surface area contributed by atoms with Gasteiger partial charge in [-0.05, 0) is 118 Å². The third-order valence-electron chi connectivity index (χ3n) is 12.2. The molecule has 7 aromatic carbocycles. The average molecular weight is 822 g/mol. The zero-order valence-corrected chi connectivity index (χ0v) is 36.1. The molecule has 0 spiro atoms. The van der Waals surface area contributed by atoms with Gasteiger partial charge in [-0.25, -0.2) is 0 Å². The molecule has 3 aromatic heterocycles. The summed E-state index contributed by atoms with van der Waals surface area (Å²) in [6.07, 6.45) is 7.83. The summed E-state index contributed by atoms with van der Waals surface area (Å²) < 4.78 is 0. The lowest BCUT2D eigenvalue weighted by Crippen LogP contribution is -1.99. The van der Waals surface area contributed by atoms with E-state index in [9.17, 15) is 0 Å². The van der Waals surface area contributed by atoms with Gasteiger partial charge in [0.05, 0.1) is 17.1 Å². The van der Waals surface area contributed by atoms with E-state index in [1.807, 2.05) is 24.5 Å². The van der Waals surface area contributed by atoms with Gasteiger partial charge in [0.2, 0.25) is 0 Å². The summed E-state index contributed by atoms with van der Waals surface area (Å²) in [5.41, 5.74) is 22.8. The number of hydrogen-bond donors (Lipinski definition) is 0. The molecule has 10 aromatic rings. The van der Waals surface area contributed by atoms with Gasteiger partial charge in [0.25, 0.3) is 0 Å². The highest BCUT2D eigenvalue weighted by molar-refractivity contribution is 5.90. The molecule has 3 nitrogen and oxygen atoms in total. The molecule has 0 aliphatic heterocycles. The number of hydrogen-bond acceptors (Lipinski definition) is 3. The van der Waals surface area contributed by atoms with Crippen molar-refractivity contribution in [2.24, 2.45) is 0 Å². The Kier molecular flexibility index (Phi) is 11.4. The third-order valence-corrected chi connectivity index (χ3v) is 12.2. The first kappa shape index (κ1) is 40.1. The highest BCUT2D eigenvalue weighted by Crippen LogP contribution is 2.41.